The Balaban J connectivity index is 3.02. The van der Waals surface area contributed by atoms with Crippen molar-refractivity contribution in [2.75, 3.05) is 6.61 Å². The fourth-order valence-electron chi connectivity index (χ4n) is 1.22. The summed E-state index contributed by atoms with van der Waals surface area (Å²) in [6.45, 7) is 2.78. The predicted octanol–water partition coefficient (Wildman–Crippen LogP) is -0.554. The molecule has 1 rings (SSSR count). The monoisotopic (exact) mass is 261 g/mol. The van der Waals surface area contributed by atoms with Gasteiger partial charge in [0.2, 0.25) is 0 Å². The number of urea groups is 1. The smallest absolute Gasteiger partial charge is 0.360 e. The molecule has 0 radical (unpaired) electrons. The first-order valence-corrected chi connectivity index (χ1v) is 5.08. The molecule has 1 heterocycles. The lowest BCUT2D eigenvalue weighted by Gasteiger charge is -2.32. The van der Waals surface area contributed by atoms with Crippen molar-refractivity contribution >= 4 is 24.1 Å². The first-order valence-electron chi connectivity index (χ1n) is 5.08. The lowest BCUT2D eigenvalue weighted by molar-refractivity contribution is -0.179. The van der Waals surface area contributed by atoms with Gasteiger partial charge in [0, 0.05) is 6.21 Å². The zero-order valence-corrected chi connectivity index (χ0v) is 9.73. The maximum atomic E-state index is 14.4. The van der Waals surface area contributed by atoms with Crippen LogP contribution in [0.3, 0.4) is 0 Å². The number of esters is 1. The minimum atomic E-state index is -3.18. The van der Waals surface area contributed by atoms with Gasteiger partial charge in [0.25, 0.3) is 12.1 Å². The molecule has 8 nitrogen and oxygen atoms in total. The Hall–Kier alpha value is -2.19. The molecule has 1 aliphatic heterocycles. The largest absolute Gasteiger partial charge is 0.463 e. The van der Waals surface area contributed by atoms with Crippen LogP contribution >= 0.6 is 0 Å². The van der Waals surface area contributed by atoms with Gasteiger partial charge < -0.3 is 9.57 Å². The number of halogens is 1. The number of oxime groups is 1. The molecule has 2 unspecified atom stereocenters. The molecule has 3 amide bonds. The average Bonchev–Trinajstić information content (AvgIpc) is 2.32. The predicted molar refractivity (Wildman–Crippen MR) is 56.2 cm³/mol. The van der Waals surface area contributed by atoms with Gasteiger partial charge in [-0.1, -0.05) is 5.16 Å². The van der Waals surface area contributed by atoms with Crippen molar-refractivity contribution in [2.24, 2.45) is 5.16 Å². The van der Waals surface area contributed by atoms with Crippen LogP contribution in [0.25, 0.3) is 0 Å². The van der Waals surface area contributed by atoms with Crippen LogP contribution in [0.15, 0.2) is 5.16 Å². The number of rotatable bonds is 4. The molecule has 9 heteroatoms. The van der Waals surface area contributed by atoms with E-state index >= 15 is 0 Å². The number of amides is 3. The number of alkyl halides is 1. The van der Waals surface area contributed by atoms with Crippen LogP contribution in [0.1, 0.15) is 13.8 Å². The maximum Gasteiger partial charge on any atom is 0.360 e. The molecule has 18 heavy (non-hydrogen) atoms. The summed E-state index contributed by atoms with van der Waals surface area (Å²) in [5.74, 6) is -2.92. The van der Waals surface area contributed by atoms with Gasteiger partial charge >= 0.3 is 17.7 Å². The second kappa shape index (κ2) is 5.43. The topological polar surface area (TPSA) is 106 Å². The summed E-state index contributed by atoms with van der Waals surface area (Å²) in [4.78, 5) is 38.5. The Labute approximate surface area is 101 Å². The molecular weight excluding hydrogens is 249 g/mol. The van der Waals surface area contributed by atoms with Crippen LogP contribution < -0.4 is 10.6 Å². The SMILES string of the molecule is C/C=N/OC1NC(=O)NC(=O)C1(F)C(=O)OCC. The third-order valence-electron chi connectivity index (χ3n) is 2.03. The molecule has 2 N–H and O–H groups in total. The average molecular weight is 261 g/mol. The first kappa shape index (κ1) is 13.9. The second-order valence-electron chi connectivity index (χ2n) is 3.21. The number of ether oxygens (including phenoxy) is 1. The molecule has 1 saturated heterocycles. The molecule has 0 spiro atoms. The van der Waals surface area contributed by atoms with E-state index in [0.717, 1.165) is 6.21 Å². The molecule has 0 aromatic rings. The van der Waals surface area contributed by atoms with E-state index in [0.29, 0.717) is 0 Å². The molecular formula is C9H12FN3O5. The van der Waals surface area contributed by atoms with Crippen molar-refractivity contribution in [1.29, 1.82) is 0 Å². The molecule has 0 bridgehead atoms. The summed E-state index contributed by atoms with van der Waals surface area (Å²) < 4.78 is 18.8. The van der Waals surface area contributed by atoms with Gasteiger partial charge in [-0.15, -0.1) is 0 Å². The van der Waals surface area contributed by atoms with Crippen molar-refractivity contribution in [3.05, 3.63) is 0 Å². The van der Waals surface area contributed by atoms with Crippen LogP contribution in [0, 0.1) is 0 Å². The zero-order valence-electron chi connectivity index (χ0n) is 9.73. The van der Waals surface area contributed by atoms with Gasteiger partial charge in [0.05, 0.1) is 6.61 Å². The van der Waals surface area contributed by atoms with Gasteiger partial charge in [0.15, 0.2) is 0 Å². The molecule has 100 valence electrons. The van der Waals surface area contributed by atoms with Crippen molar-refractivity contribution in [3.8, 4) is 0 Å². The summed E-state index contributed by atoms with van der Waals surface area (Å²) in [7, 11) is 0. The standard InChI is InChI=1S/C9H12FN3O5/c1-3-11-18-6-9(10,7(15)17-4-2)5(14)12-8(16)13-6/h3,6H,4H2,1-2H3,(H2,12,13,14,16)/b11-3+. The van der Waals surface area contributed by atoms with Crippen molar-refractivity contribution in [3.63, 3.8) is 0 Å². The molecule has 2 atom stereocenters. The first-order chi connectivity index (χ1) is 8.46. The minimum absolute atomic E-state index is 0.129. The minimum Gasteiger partial charge on any atom is -0.463 e. The van der Waals surface area contributed by atoms with Gasteiger partial charge in [0.1, 0.15) is 0 Å². The number of hydrogen-bond acceptors (Lipinski definition) is 6. The zero-order chi connectivity index (χ0) is 13.8. The number of hydrogen-bond donors (Lipinski definition) is 2. The van der Waals surface area contributed by atoms with Crippen molar-refractivity contribution in [2.45, 2.75) is 25.7 Å². The number of carbonyl (C=O) groups excluding carboxylic acids is 3. The number of nitrogens with zero attached hydrogens (tertiary/aromatic N) is 1. The summed E-state index contributed by atoms with van der Waals surface area (Å²) in [6, 6.07) is -0.992. The van der Waals surface area contributed by atoms with Crippen LogP contribution in [0.2, 0.25) is 0 Å². The van der Waals surface area contributed by atoms with E-state index in [1.165, 1.54) is 13.8 Å². The highest BCUT2D eigenvalue weighted by atomic mass is 19.1. The van der Waals surface area contributed by atoms with Crippen LogP contribution in [-0.4, -0.2) is 42.6 Å². The van der Waals surface area contributed by atoms with Gasteiger partial charge in [-0.3, -0.25) is 15.4 Å². The van der Waals surface area contributed by atoms with Crippen molar-refractivity contribution < 1.29 is 28.3 Å². The highest BCUT2D eigenvalue weighted by molar-refractivity contribution is 6.14. The Morgan fingerprint density at radius 1 is 1.61 bits per heavy atom. The normalized spacial score (nSPS) is 27.6. The van der Waals surface area contributed by atoms with Gasteiger partial charge in [-0.25, -0.2) is 14.0 Å². The summed E-state index contributed by atoms with van der Waals surface area (Å²) >= 11 is 0. The van der Waals surface area contributed by atoms with Gasteiger partial charge in [-0.05, 0) is 13.8 Å². The van der Waals surface area contributed by atoms with E-state index in [1.807, 2.05) is 5.32 Å². The van der Waals surface area contributed by atoms with Crippen molar-refractivity contribution in [1.82, 2.24) is 10.6 Å². The molecule has 1 fully saturated rings. The van der Waals surface area contributed by atoms with E-state index in [2.05, 4.69) is 14.7 Å². The quantitative estimate of drug-likeness (QED) is 0.305. The van der Waals surface area contributed by atoms with Crippen LogP contribution in [-0.2, 0) is 19.2 Å². The van der Waals surface area contributed by atoms with Crippen LogP contribution in [0.4, 0.5) is 9.18 Å². The highest BCUT2D eigenvalue weighted by Crippen LogP contribution is 2.23. The van der Waals surface area contributed by atoms with Crippen LogP contribution in [0.5, 0.6) is 0 Å². The fraction of sp³-hybridized carbons (Fsp3) is 0.556. The van der Waals surface area contributed by atoms with E-state index in [1.54, 1.807) is 5.32 Å². The molecule has 1 aliphatic rings. The van der Waals surface area contributed by atoms with E-state index in [-0.39, 0.29) is 6.61 Å². The van der Waals surface area contributed by atoms with E-state index < -0.39 is 29.8 Å². The third-order valence-corrected chi connectivity index (χ3v) is 2.03. The summed E-state index contributed by atoms with van der Waals surface area (Å²) in [5, 5.41) is 6.78. The lowest BCUT2D eigenvalue weighted by atomic mass is 10.0. The van der Waals surface area contributed by atoms with Gasteiger partial charge in [-0.2, -0.15) is 0 Å². The number of imide groups is 1. The Kier molecular flexibility index (Phi) is 4.18. The summed E-state index contributed by atoms with van der Waals surface area (Å²) in [6.07, 6.45) is -0.724. The van der Waals surface area contributed by atoms with E-state index in [4.69, 9.17) is 0 Å². The lowest BCUT2D eigenvalue weighted by Crippen LogP contribution is -2.70. The molecule has 0 aliphatic carbocycles. The Morgan fingerprint density at radius 3 is 2.83 bits per heavy atom. The third kappa shape index (κ3) is 2.39. The second-order valence-corrected chi connectivity index (χ2v) is 3.21. The summed E-state index contributed by atoms with van der Waals surface area (Å²) in [5.41, 5.74) is -3.18. The Bertz CT molecular complexity index is 400. The fourth-order valence-corrected chi connectivity index (χ4v) is 1.22. The maximum absolute atomic E-state index is 14.4. The number of carbonyl (C=O) groups is 3. The molecule has 0 aromatic heterocycles. The Morgan fingerprint density at radius 2 is 2.28 bits per heavy atom. The molecule has 0 saturated carbocycles. The molecule has 0 aromatic carbocycles. The highest BCUT2D eigenvalue weighted by Gasteiger charge is 2.61. The number of nitrogens with one attached hydrogen (secondary N) is 2. The van der Waals surface area contributed by atoms with E-state index in [9.17, 15) is 18.8 Å².